The molecule has 7 nitrogen and oxygen atoms in total. The van der Waals surface area contributed by atoms with Crippen LogP contribution in [0.2, 0.25) is 0 Å². The van der Waals surface area contributed by atoms with Crippen molar-refractivity contribution in [3.8, 4) is 11.8 Å². The summed E-state index contributed by atoms with van der Waals surface area (Å²) in [6.45, 7) is 0.480. The van der Waals surface area contributed by atoms with E-state index in [4.69, 9.17) is 5.11 Å². The number of aliphatic hydroxyl groups excluding tert-OH is 1. The number of hydrogen-bond donors (Lipinski definition) is 2. The maximum absolute atomic E-state index is 11.8. The van der Waals surface area contributed by atoms with Crippen LogP contribution in [0.5, 0.6) is 0 Å². The van der Waals surface area contributed by atoms with Crippen molar-refractivity contribution in [1.29, 1.82) is 0 Å². The van der Waals surface area contributed by atoms with Gasteiger partial charge >= 0.3 is 0 Å². The zero-order valence-corrected chi connectivity index (χ0v) is 11.4. The molecule has 2 aromatic heterocycles. The predicted molar refractivity (Wildman–Crippen MR) is 76.1 cm³/mol. The second-order valence-corrected chi connectivity index (χ2v) is 4.15. The van der Waals surface area contributed by atoms with Gasteiger partial charge in [0.25, 0.3) is 0 Å². The van der Waals surface area contributed by atoms with E-state index in [0.29, 0.717) is 24.5 Å². The van der Waals surface area contributed by atoms with Gasteiger partial charge in [-0.3, -0.25) is 9.48 Å². The average Bonchev–Trinajstić information content (AvgIpc) is 2.99. The number of amides is 1. The molecule has 0 saturated heterocycles. The maximum atomic E-state index is 11.8. The summed E-state index contributed by atoms with van der Waals surface area (Å²) in [5.41, 5.74) is 0.553. The molecule has 0 unspecified atom stereocenters. The van der Waals surface area contributed by atoms with Crippen molar-refractivity contribution in [2.75, 3.05) is 11.9 Å². The molecule has 0 fully saturated rings. The minimum Gasteiger partial charge on any atom is -0.395 e. The highest BCUT2D eigenvalue weighted by Crippen LogP contribution is 2.05. The van der Waals surface area contributed by atoms with Crippen LogP contribution in [-0.4, -0.2) is 37.6 Å². The summed E-state index contributed by atoms with van der Waals surface area (Å²) >= 11 is 0. The molecule has 7 heteroatoms. The van der Waals surface area contributed by atoms with Gasteiger partial charge in [0.1, 0.15) is 11.5 Å². The zero-order valence-electron chi connectivity index (χ0n) is 11.4. The number of carbonyl (C=O) groups is 1. The molecular weight excluding hydrogens is 270 g/mol. The van der Waals surface area contributed by atoms with E-state index in [0.717, 1.165) is 0 Å². The highest BCUT2D eigenvalue weighted by atomic mass is 16.2. The Balaban J connectivity index is 1.88. The number of hydrogen-bond acceptors (Lipinski definition) is 5. The van der Waals surface area contributed by atoms with E-state index in [1.54, 1.807) is 35.3 Å². The summed E-state index contributed by atoms with van der Waals surface area (Å²) in [4.78, 5) is 16.0. The number of carbonyl (C=O) groups excluding carboxylic acids is 1. The van der Waals surface area contributed by atoms with Crippen molar-refractivity contribution in [2.24, 2.45) is 0 Å². The summed E-state index contributed by atoms with van der Waals surface area (Å²) in [6.07, 6.45) is 3.94. The van der Waals surface area contributed by atoms with Gasteiger partial charge in [0.15, 0.2) is 0 Å². The van der Waals surface area contributed by atoms with Gasteiger partial charge in [0.05, 0.1) is 19.3 Å². The number of nitrogens with one attached hydrogen (secondary N) is 1. The maximum Gasteiger partial charge on any atom is 0.227 e. The highest BCUT2D eigenvalue weighted by Gasteiger charge is 2.04. The summed E-state index contributed by atoms with van der Waals surface area (Å²) in [5.74, 6) is 5.90. The summed E-state index contributed by atoms with van der Waals surface area (Å²) in [6, 6.07) is 5.21. The molecule has 21 heavy (non-hydrogen) atoms. The van der Waals surface area contributed by atoms with Crippen molar-refractivity contribution in [1.82, 2.24) is 20.0 Å². The Morgan fingerprint density at radius 2 is 2.33 bits per heavy atom. The second kappa shape index (κ2) is 7.77. The second-order valence-electron chi connectivity index (χ2n) is 4.15. The number of rotatable bonds is 5. The number of pyridine rings is 1. The SMILES string of the molecule is O=C(CCn1ccnn1)Nc1cccc(C#CCCO)n1. The third kappa shape index (κ3) is 5.04. The summed E-state index contributed by atoms with van der Waals surface area (Å²) < 4.78 is 1.59. The Kier molecular flexibility index (Phi) is 5.43. The quantitative estimate of drug-likeness (QED) is 0.777. The molecule has 2 heterocycles. The van der Waals surface area contributed by atoms with Crippen LogP contribution in [0.25, 0.3) is 0 Å². The molecule has 0 radical (unpaired) electrons. The van der Waals surface area contributed by atoms with E-state index in [-0.39, 0.29) is 18.9 Å². The average molecular weight is 285 g/mol. The van der Waals surface area contributed by atoms with Gasteiger partial charge in [0, 0.05) is 19.0 Å². The largest absolute Gasteiger partial charge is 0.395 e. The lowest BCUT2D eigenvalue weighted by Gasteiger charge is -2.04. The van der Waals surface area contributed by atoms with E-state index >= 15 is 0 Å². The summed E-state index contributed by atoms with van der Waals surface area (Å²) in [5, 5.41) is 18.8. The smallest absolute Gasteiger partial charge is 0.227 e. The first-order chi connectivity index (χ1) is 10.3. The van der Waals surface area contributed by atoms with Crippen molar-refractivity contribution in [3.63, 3.8) is 0 Å². The van der Waals surface area contributed by atoms with E-state index in [1.165, 1.54) is 0 Å². The number of nitrogens with zero attached hydrogens (tertiary/aromatic N) is 4. The predicted octanol–water partition coefficient (Wildman–Crippen LogP) is 0.436. The van der Waals surface area contributed by atoms with E-state index in [1.807, 2.05) is 0 Å². The van der Waals surface area contributed by atoms with Gasteiger partial charge < -0.3 is 10.4 Å². The number of aliphatic hydroxyl groups is 1. The number of aromatic nitrogens is 4. The molecule has 2 rings (SSSR count). The topological polar surface area (TPSA) is 92.9 Å². The van der Waals surface area contributed by atoms with Crippen molar-refractivity contribution < 1.29 is 9.90 Å². The molecule has 0 aliphatic carbocycles. The van der Waals surface area contributed by atoms with Gasteiger partial charge in [-0.25, -0.2) is 4.98 Å². The Hall–Kier alpha value is -2.72. The Morgan fingerprint density at radius 3 is 3.10 bits per heavy atom. The lowest BCUT2D eigenvalue weighted by atomic mass is 10.3. The van der Waals surface area contributed by atoms with Gasteiger partial charge in [-0.05, 0) is 18.1 Å². The first-order valence-corrected chi connectivity index (χ1v) is 6.48. The van der Waals surface area contributed by atoms with Crippen LogP contribution >= 0.6 is 0 Å². The van der Waals surface area contributed by atoms with Crippen LogP contribution in [0.3, 0.4) is 0 Å². The van der Waals surface area contributed by atoms with E-state index in [2.05, 4.69) is 32.5 Å². The summed E-state index contributed by atoms with van der Waals surface area (Å²) in [7, 11) is 0. The van der Waals surface area contributed by atoms with Crippen LogP contribution in [0.1, 0.15) is 18.5 Å². The molecule has 2 aromatic rings. The molecule has 1 amide bonds. The monoisotopic (exact) mass is 285 g/mol. The van der Waals surface area contributed by atoms with E-state index < -0.39 is 0 Å². The van der Waals surface area contributed by atoms with Crippen molar-refractivity contribution in [3.05, 3.63) is 36.3 Å². The Labute approximate surface area is 122 Å². The van der Waals surface area contributed by atoms with Crippen LogP contribution in [0, 0.1) is 11.8 Å². The number of aryl methyl sites for hydroxylation is 1. The molecule has 0 spiro atoms. The third-order valence-corrected chi connectivity index (χ3v) is 2.51. The van der Waals surface area contributed by atoms with Gasteiger partial charge in [-0.1, -0.05) is 17.2 Å². The third-order valence-electron chi connectivity index (χ3n) is 2.51. The van der Waals surface area contributed by atoms with Crippen molar-refractivity contribution >= 4 is 11.7 Å². The van der Waals surface area contributed by atoms with Gasteiger partial charge in [-0.15, -0.1) is 5.10 Å². The molecule has 0 bridgehead atoms. The van der Waals surface area contributed by atoms with Crippen LogP contribution in [0.15, 0.2) is 30.6 Å². The van der Waals surface area contributed by atoms with E-state index in [9.17, 15) is 4.79 Å². The molecule has 2 N–H and O–H groups in total. The lowest BCUT2D eigenvalue weighted by Crippen LogP contribution is -2.15. The molecule has 0 aliphatic rings. The molecule has 0 aliphatic heterocycles. The Morgan fingerprint density at radius 1 is 1.43 bits per heavy atom. The zero-order chi connectivity index (χ0) is 14.9. The fourth-order valence-electron chi connectivity index (χ4n) is 1.56. The van der Waals surface area contributed by atoms with Crippen LogP contribution in [-0.2, 0) is 11.3 Å². The highest BCUT2D eigenvalue weighted by molar-refractivity contribution is 5.89. The standard InChI is InChI=1S/C14H15N5O2/c20-11-2-1-4-12-5-3-6-13(16-12)17-14(21)7-9-19-10-8-15-18-19/h3,5-6,8,10,20H,2,7,9,11H2,(H,16,17,21). The first-order valence-electron chi connectivity index (χ1n) is 6.48. The number of anilines is 1. The molecule has 0 atom stereocenters. The lowest BCUT2D eigenvalue weighted by molar-refractivity contribution is -0.116. The van der Waals surface area contributed by atoms with Gasteiger partial charge in [-0.2, -0.15) is 0 Å². The minimum absolute atomic E-state index is 0.0196. The molecule has 0 saturated carbocycles. The molecular formula is C14H15N5O2. The van der Waals surface area contributed by atoms with Crippen LogP contribution < -0.4 is 5.32 Å². The fraction of sp³-hybridized carbons (Fsp3) is 0.286. The molecule has 0 aromatic carbocycles. The Bertz CT molecular complexity index is 643. The van der Waals surface area contributed by atoms with Crippen LogP contribution in [0.4, 0.5) is 5.82 Å². The van der Waals surface area contributed by atoms with Crippen molar-refractivity contribution in [2.45, 2.75) is 19.4 Å². The van der Waals surface area contributed by atoms with Gasteiger partial charge in [0.2, 0.25) is 5.91 Å². The normalized spacial score (nSPS) is 9.76. The minimum atomic E-state index is -0.154. The fourth-order valence-corrected chi connectivity index (χ4v) is 1.56. The first kappa shape index (κ1) is 14.7. The molecule has 108 valence electrons.